The van der Waals surface area contributed by atoms with Crippen molar-refractivity contribution in [3.8, 4) is 0 Å². The van der Waals surface area contributed by atoms with Gasteiger partial charge in [0.1, 0.15) is 22.1 Å². The molecule has 0 saturated carbocycles. The Bertz CT molecular complexity index is 745. The van der Waals surface area contributed by atoms with Gasteiger partial charge < -0.3 is 0 Å². The number of sulfonamides is 1. The highest BCUT2D eigenvalue weighted by molar-refractivity contribution is 9.10. The Morgan fingerprint density at radius 3 is 2.30 bits per heavy atom. The quantitative estimate of drug-likeness (QED) is 0.849. The van der Waals surface area contributed by atoms with E-state index in [9.17, 15) is 21.6 Å². The van der Waals surface area contributed by atoms with Crippen molar-refractivity contribution in [1.29, 1.82) is 0 Å². The van der Waals surface area contributed by atoms with E-state index in [0.717, 1.165) is 0 Å². The van der Waals surface area contributed by atoms with Gasteiger partial charge in [0.2, 0.25) is 0 Å². The van der Waals surface area contributed by atoms with E-state index < -0.39 is 32.4 Å². The van der Waals surface area contributed by atoms with Gasteiger partial charge in [-0.1, -0.05) is 0 Å². The summed E-state index contributed by atoms with van der Waals surface area (Å²) in [6.07, 6.45) is 1.39. The van der Waals surface area contributed by atoms with Crippen LogP contribution in [0.5, 0.6) is 0 Å². The van der Waals surface area contributed by atoms with Gasteiger partial charge in [-0.25, -0.2) is 26.6 Å². The van der Waals surface area contributed by atoms with E-state index in [-0.39, 0.29) is 22.4 Å². The predicted molar refractivity (Wildman–Crippen MR) is 69.1 cm³/mol. The highest BCUT2D eigenvalue weighted by atomic mass is 79.9. The number of aromatic nitrogens is 1. The molecule has 0 atom stereocenters. The van der Waals surface area contributed by atoms with Gasteiger partial charge in [-0.05, 0) is 28.1 Å². The van der Waals surface area contributed by atoms with E-state index >= 15 is 0 Å². The van der Waals surface area contributed by atoms with Gasteiger partial charge >= 0.3 is 0 Å². The lowest BCUT2D eigenvalue weighted by molar-refractivity contribution is 0.498. The van der Waals surface area contributed by atoms with Gasteiger partial charge in [-0.2, -0.15) is 0 Å². The molecule has 0 aliphatic heterocycles. The van der Waals surface area contributed by atoms with Crippen molar-refractivity contribution in [1.82, 2.24) is 4.98 Å². The Kier molecular flexibility index (Phi) is 4.00. The van der Waals surface area contributed by atoms with Crippen LogP contribution >= 0.6 is 15.9 Å². The van der Waals surface area contributed by atoms with Crippen LogP contribution in [-0.4, -0.2) is 13.4 Å². The maximum Gasteiger partial charge on any atom is 0.267 e. The summed E-state index contributed by atoms with van der Waals surface area (Å²) in [6.45, 7) is 0. The number of hydrogen-bond acceptors (Lipinski definition) is 3. The molecule has 1 aromatic carbocycles. The number of nitrogens with zero attached hydrogens (tertiary/aromatic N) is 1. The van der Waals surface area contributed by atoms with Crippen molar-refractivity contribution in [2.45, 2.75) is 4.90 Å². The molecule has 0 aliphatic rings. The summed E-state index contributed by atoms with van der Waals surface area (Å²) in [5, 5.41) is 0. The second-order valence-electron chi connectivity index (χ2n) is 3.65. The Labute approximate surface area is 120 Å². The minimum Gasteiger partial charge on any atom is -0.277 e. The molecule has 0 spiro atoms. The fourth-order valence-electron chi connectivity index (χ4n) is 1.44. The van der Waals surface area contributed by atoms with Crippen molar-refractivity contribution < 1.29 is 21.6 Å². The van der Waals surface area contributed by atoms with Crippen molar-refractivity contribution in [2.24, 2.45) is 0 Å². The summed E-state index contributed by atoms with van der Waals surface area (Å²) in [7, 11) is -4.55. The number of hydrogen-bond donors (Lipinski definition) is 1. The molecule has 4 nitrogen and oxygen atoms in total. The van der Waals surface area contributed by atoms with E-state index in [1.807, 2.05) is 4.72 Å². The van der Waals surface area contributed by atoms with Gasteiger partial charge in [0.15, 0.2) is 4.90 Å². The number of anilines is 1. The highest BCUT2D eigenvalue weighted by Gasteiger charge is 2.25. The zero-order valence-electron chi connectivity index (χ0n) is 9.57. The van der Waals surface area contributed by atoms with Gasteiger partial charge in [-0.15, -0.1) is 0 Å². The molecule has 2 aromatic rings. The number of pyridine rings is 1. The topological polar surface area (TPSA) is 59.1 Å². The third-order valence-corrected chi connectivity index (χ3v) is 4.28. The fourth-order valence-corrected chi connectivity index (χ4v) is 3.11. The Balaban J connectivity index is 2.50. The molecule has 0 unspecified atom stereocenters. The van der Waals surface area contributed by atoms with Crippen LogP contribution in [0.2, 0.25) is 0 Å². The molecule has 2 rings (SSSR count). The maximum absolute atomic E-state index is 13.5. The predicted octanol–water partition coefficient (Wildman–Crippen LogP) is 3.06. The highest BCUT2D eigenvalue weighted by Crippen LogP contribution is 2.25. The van der Waals surface area contributed by atoms with E-state index in [1.54, 1.807) is 0 Å². The average Bonchev–Trinajstić information content (AvgIpc) is 2.30. The number of nitrogens with one attached hydrogen (secondary N) is 1. The van der Waals surface area contributed by atoms with E-state index in [2.05, 4.69) is 20.9 Å². The summed E-state index contributed by atoms with van der Waals surface area (Å²) < 4.78 is 65.7. The summed E-state index contributed by atoms with van der Waals surface area (Å²) in [6, 6.07) is 3.35. The molecule has 0 amide bonds. The normalized spacial score (nSPS) is 11.4. The van der Waals surface area contributed by atoms with Crippen molar-refractivity contribution in [2.75, 3.05) is 4.72 Å². The van der Waals surface area contributed by atoms with Crippen molar-refractivity contribution >= 4 is 31.6 Å². The Hall–Kier alpha value is -1.61. The molecule has 9 heteroatoms. The van der Waals surface area contributed by atoms with E-state index in [4.69, 9.17) is 0 Å². The minimum absolute atomic E-state index is 0.00405. The van der Waals surface area contributed by atoms with Crippen LogP contribution in [0.15, 0.2) is 40.0 Å². The molecular weight excluding hydrogens is 361 g/mol. The largest absolute Gasteiger partial charge is 0.277 e. The Morgan fingerprint density at radius 2 is 1.75 bits per heavy atom. The molecular formula is C11H6BrF3N2O2S. The maximum atomic E-state index is 13.5. The smallest absolute Gasteiger partial charge is 0.267 e. The van der Waals surface area contributed by atoms with E-state index in [1.165, 1.54) is 18.3 Å². The average molecular weight is 367 g/mol. The number of halogens is 4. The molecule has 106 valence electrons. The molecule has 0 fully saturated rings. The van der Waals surface area contributed by atoms with Gasteiger partial charge in [0, 0.05) is 18.3 Å². The summed E-state index contributed by atoms with van der Waals surface area (Å²) >= 11 is 2.98. The van der Waals surface area contributed by atoms with Crippen LogP contribution in [0.1, 0.15) is 0 Å². The fraction of sp³-hybridized carbons (Fsp3) is 0. The first-order valence-corrected chi connectivity index (χ1v) is 7.37. The van der Waals surface area contributed by atoms with Gasteiger partial charge in [0.25, 0.3) is 10.0 Å². The monoisotopic (exact) mass is 366 g/mol. The van der Waals surface area contributed by atoms with Gasteiger partial charge in [-0.3, -0.25) is 4.72 Å². The minimum atomic E-state index is -4.55. The van der Waals surface area contributed by atoms with Crippen LogP contribution < -0.4 is 4.72 Å². The van der Waals surface area contributed by atoms with Crippen molar-refractivity contribution in [3.63, 3.8) is 0 Å². The first-order chi connectivity index (χ1) is 9.31. The summed E-state index contributed by atoms with van der Waals surface area (Å²) in [5.74, 6) is -4.24. The summed E-state index contributed by atoms with van der Waals surface area (Å²) in [4.78, 5) is 2.50. The standard InChI is InChI=1S/C11H6BrF3N2O2S/c12-11-9(2-1-3-16-11)17-20(18,19)10-7(14)4-6(13)5-8(10)15/h1-5,17H. The first-order valence-electron chi connectivity index (χ1n) is 5.09. The number of rotatable bonds is 3. The number of benzene rings is 1. The second kappa shape index (κ2) is 5.41. The molecule has 0 radical (unpaired) electrons. The van der Waals surface area contributed by atoms with Crippen LogP contribution in [0.3, 0.4) is 0 Å². The third kappa shape index (κ3) is 2.93. The lowest BCUT2D eigenvalue weighted by Gasteiger charge is -2.10. The molecule has 20 heavy (non-hydrogen) atoms. The molecule has 0 aliphatic carbocycles. The molecule has 1 heterocycles. The van der Waals surface area contributed by atoms with Crippen molar-refractivity contribution in [3.05, 3.63) is 52.5 Å². The van der Waals surface area contributed by atoms with E-state index in [0.29, 0.717) is 0 Å². The third-order valence-electron chi connectivity index (χ3n) is 2.24. The van der Waals surface area contributed by atoms with Crippen LogP contribution in [0.4, 0.5) is 18.9 Å². The summed E-state index contributed by atoms with van der Waals surface area (Å²) in [5.41, 5.74) is -0.00405. The molecule has 0 saturated heterocycles. The van der Waals surface area contributed by atoms with Crippen LogP contribution in [0, 0.1) is 17.5 Å². The Morgan fingerprint density at radius 1 is 1.15 bits per heavy atom. The first kappa shape index (κ1) is 14.8. The molecule has 1 aromatic heterocycles. The lowest BCUT2D eigenvalue weighted by atomic mass is 10.3. The lowest BCUT2D eigenvalue weighted by Crippen LogP contribution is -2.17. The van der Waals surface area contributed by atoms with Gasteiger partial charge in [0.05, 0.1) is 5.69 Å². The zero-order valence-corrected chi connectivity index (χ0v) is 12.0. The SMILES string of the molecule is O=S(=O)(Nc1cccnc1Br)c1c(F)cc(F)cc1F. The molecule has 0 bridgehead atoms. The van der Waals surface area contributed by atoms with Crippen LogP contribution in [-0.2, 0) is 10.0 Å². The molecule has 1 N–H and O–H groups in total. The van der Waals surface area contributed by atoms with Crippen LogP contribution in [0.25, 0.3) is 0 Å². The zero-order chi connectivity index (χ0) is 14.9. The second-order valence-corrected chi connectivity index (χ2v) is 6.02.